The molecule has 1 saturated carbocycles. The fraction of sp³-hybridized carbons (Fsp3) is 0.318. The first-order valence-electron chi connectivity index (χ1n) is 9.94. The highest BCUT2D eigenvalue weighted by Gasteiger charge is 2.27. The van der Waals surface area contributed by atoms with Crippen molar-refractivity contribution in [3.63, 3.8) is 0 Å². The number of H-pyrrole nitrogens is 1. The number of aromatic amines is 1. The number of pyridine rings is 1. The van der Waals surface area contributed by atoms with E-state index in [2.05, 4.69) is 15.3 Å². The van der Waals surface area contributed by atoms with Crippen LogP contribution in [0, 0.1) is 5.82 Å². The van der Waals surface area contributed by atoms with Crippen LogP contribution in [0.2, 0.25) is 0 Å². The second kappa shape index (κ2) is 7.21. The van der Waals surface area contributed by atoms with Crippen molar-refractivity contribution in [2.75, 3.05) is 12.8 Å². The summed E-state index contributed by atoms with van der Waals surface area (Å²) in [5, 5.41) is 3.24. The summed E-state index contributed by atoms with van der Waals surface area (Å²) in [5.74, 6) is 0.332. The average molecular weight is 428 g/mol. The maximum absolute atomic E-state index is 14.1. The number of aromatic nitrogens is 2. The molecule has 0 bridgehead atoms. The Morgan fingerprint density at radius 1 is 1.17 bits per heavy atom. The van der Waals surface area contributed by atoms with Crippen LogP contribution in [0.1, 0.15) is 25.0 Å². The van der Waals surface area contributed by atoms with Gasteiger partial charge in [-0.05, 0) is 54.3 Å². The van der Waals surface area contributed by atoms with Gasteiger partial charge in [0.2, 0.25) is 0 Å². The first kappa shape index (κ1) is 19.3. The van der Waals surface area contributed by atoms with Gasteiger partial charge in [-0.15, -0.1) is 0 Å². The second-order valence-corrected chi connectivity index (χ2v) is 10.1. The van der Waals surface area contributed by atoms with E-state index in [0.717, 1.165) is 35.1 Å². The maximum Gasteiger partial charge on any atom is 0.163 e. The molecule has 0 radical (unpaired) electrons. The summed E-state index contributed by atoms with van der Waals surface area (Å²) in [4.78, 5) is 7.72. The number of hydrogen-bond acceptors (Lipinski definition) is 5. The molecule has 6 nitrogen and oxygen atoms in total. The van der Waals surface area contributed by atoms with Crippen LogP contribution in [0.4, 0.5) is 4.39 Å². The van der Waals surface area contributed by atoms with E-state index in [4.69, 9.17) is 4.74 Å². The molecule has 156 valence electrons. The first-order valence-corrected chi connectivity index (χ1v) is 11.9. The molecule has 1 aromatic carbocycles. The van der Waals surface area contributed by atoms with E-state index in [0.29, 0.717) is 29.9 Å². The Morgan fingerprint density at radius 3 is 2.77 bits per heavy atom. The Morgan fingerprint density at radius 2 is 2.00 bits per heavy atom. The van der Waals surface area contributed by atoms with Crippen molar-refractivity contribution < 1.29 is 17.5 Å². The van der Waals surface area contributed by atoms with Crippen molar-refractivity contribution in [1.29, 1.82) is 0 Å². The van der Waals surface area contributed by atoms with E-state index in [9.17, 15) is 12.8 Å². The monoisotopic (exact) mass is 427 g/mol. The molecule has 2 N–H and O–H groups in total. The summed E-state index contributed by atoms with van der Waals surface area (Å²) < 4.78 is 44.0. The van der Waals surface area contributed by atoms with Gasteiger partial charge in [0, 0.05) is 42.1 Å². The number of benzene rings is 1. The number of nitrogens with zero attached hydrogens (tertiary/aromatic N) is 1. The Bertz CT molecular complexity index is 1260. The fourth-order valence-corrected chi connectivity index (χ4v) is 4.69. The topological polar surface area (TPSA) is 84.1 Å². The minimum Gasteiger partial charge on any atom is -0.490 e. The minimum atomic E-state index is -3.20. The molecule has 3 aromatic rings. The van der Waals surface area contributed by atoms with Crippen molar-refractivity contribution in [2.45, 2.75) is 30.7 Å². The Balaban J connectivity index is 1.57. The molecule has 0 amide bonds. The molecule has 2 aromatic heterocycles. The molecule has 2 aliphatic rings. The van der Waals surface area contributed by atoms with Gasteiger partial charge in [0.1, 0.15) is 22.6 Å². The Labute approximate surface area is 174 Å². The lowest BCUT2D eigenvalue weighted by molar-refractivity contribution is 0.304. The molecule has 8 heteroatoms. The summed E-state index contributed by atoms with van der Waals surface area (Å²) in [5.41, 5.74) is 3.92. The van der Waals surface area contributed by atoms with Gasteiger partial charge in [-0.3, -0.25) is 5.32 Å². The van der Waals surface area contributed by atoms with Gasteiger partial charge in [-0.25, -0.2) is 17.8 Å². The fourth-order valence-electron chi connectivity index (χ4n) is 3.81. The molecule has 1 aliphatic heterocycles. The molecule has 3 heterocycles. The van der Waals surface area contributed by atoms with Crippen molar-refractivity contribution in [2.24, 2.45) is 0 Å². The molecule has 1 atom stereocenters. The van der Waals surface area contributed by atoms with Crippen molar-refractivity contribution in [3.05, 3.63) is 54.1 Å². The van der Waals surface area contributed by atoms with Crippen LogP contribution in [0.3, 0.4) is 0 Å². The highest BCUT2D eigenvalue weighted by Crippen LogP contribution is 2.39. The van der Waals surface area contributed by atoms with Crippen LogP contribution >= 0.6 is 0 Å². The van der Waals surface area contributed by atoms with Gasteiger partial charge >= 0.3 is 0 Å². The molecule has 30 heavy (non-hydrogen) atoms. The quantitative estimate of drug-likeness (QED) is 0.649. The Kier molecular flexibility index (Phi) is 4.63. The Hall–Kier alpha value is -2.71. The number of rotatable bonds is 5. The molecular formula is C22H22FN3O3S. The first-order chi connectivity index (χ1) is 14.4. The number of ether oxygens (including phenoxy) is 1. The van der Waals surface area contributed by atoms with Gasteiger partial charge < -0.3 is 9.72 Å². The SMILES string of the molecule is CS(=O)(=O)C1CC(c2cc3c(-c4cc(F)ccc4OC4CC4)ccnc3[nH]2)=CCN1. The van der Waals surface area contributed by atoms with Crippen LogP contribution in [-0.2, 0) is 9.84 Å². The van der Waals surface area contributed by atoms with Gasteiger partial charge in [-0.1, -0.05) is 6.08 Å². The van der Waals surface area contributed by atoms with Crippen LogP contribution in [0.25, 0.3) is 27.7 Å². The summed E-state index contributed by atoms with van der Waals surface area (Å²) in [6, 6.07) is 8.38. The maximum atomic E-state index is 14.1. The van der Waals surface area contributed by atoms with Crippen LogP contribution in [-0.4, -0.2) is 42.7 Å². The van der Waals surface area contributed by atoms with E-state index < -0.39 is 15.2 Å². The molecule has 1 fully saturated rings. The standard InChI is InChI=1S/C22H22FN3O3S/c1-30(27,28)21-10-13(6-8-24-21)19-12-18-16(7-9-25-22(18)26-19)17-11-14(23)2-5-20(17)29-15-3-4-15/h2,5-7,9,11-12,15,21,24H,3-4,8,10H2,1H3,(H,25,26). The van der Waals surface area contributed by atoms with Crippen molar-refractivity contribution in [1.82, 2.24) is 15.3 Å². The molecule has 0 spiro atoms. The lowest BCUT2D eigenvalue weighted by Gasteiger charge is -2.22. The van der Waals surface area contributed by atoms with Crippen molar-refractivity contribution >= 4 is 26.4 Å². The normalized spacial score (nSPS) is 19.7. The smallest absolute Gasteiger partial charge is 0.163 e. The number of sulfone groups is 1. The lowest BCUT2D eigenvalue weighted by atomic mass is 10.0. The van der Waals surface area contributed by atoms with Gasteiger partial charge in [-0.2, -0.15) is 0 Å². The highest BCUT2D eigenvalue weighted by atomic mass is 32.2. The largest absolute Gasteiger partial charge is 0.490 e. The summed E-state index contributed by atoms with van der Waals surface area (Å²) in [6.07, 6.45) is 7.50. The number of halogens is 1. The van der Waals surface area contributed by atoms with E-state index in [1.54, 1.807) is 12.3 Å². The lowest BCUT2D eigenvalue weighted by Crippen LogP contribution is -2.38. The third kappa shape index (κ3) is 3.73. The van der Waals surface area contributed by atoms with Crippen LogP contribution in [0.15, 0.2) is 42.6 Å². The van der Waals surface area contributed by atoms with Gasteiger partial charge in [0.05, 0.1) is 6.10 Å². The number of hydrogen-bond donors (Lipinski definition) is 2. The van der Waals surface area contributed by atoms with E-state index >= 15 is 0 Å². The molecule has 0 saturated heterocycles. The molecule has 1 aliphatic carbocycles. The van der Waals surface area contributed by atoms with E-state index in [1.807, 2.05) is 18.2 Å². The molecule has 5 rings (SSSR count). The minimum absolute atomic E-state index is 0.196. The second-order valence-electron chi connectivity index (χ2n) is 7.92. The van der Waals surface area contributed by atoms with Crippen molar-refractivity contribution in [3.8, 4) is 16.9 Å². The predicted molar refractivity (Wildman–Crippen MR) is 114 cm³/mol. The molecular weight excluding hydrogens is 405 g/mol. The zero-order chi connectivity index (χ0) is 20.9. The summed E-state index contributed by atoms with van der Waals surface area (Å²) in [7, 11) is -3.20. The summed E-state index contributed by atoms with van der Waals surface area (Å²) >= 11 is 0. The number of fused-ring (bicyclic) bond motifs is 1. The zero-order valence-corrected chi connectivity index (χ0v) is 17.3. The molecule has 1 unspecified atom stereocenters. The van der Waals surface area contributed by atoms with Gasteiger partial charge in [0.25, 0.3) is 0 Å². The average Bonchev–Trinajstić information content (AvgIpc) is 3.43. The third-order valence-electron chi connectivity index (χ3n) is 5.54. The highest BCUT2D eigenvalue weighted by molar-refractivity contribution is 7.91. The van der Waals surface area contributed by atoms with E-state index in [1.165, 1.54) is 18.4 Å². The number of nitrogens with one attached hydrogen (secondary N) is 2. The van der Waals surface area contributed by atoms with Gasteiger partial charge in [0.15, 0.2) is 9.84 Å². The predicted octanol–water partition coefficient (Wildman–Crippen LogP) is 3.66. The van der Waals surface area contributed by atoms with Crippen LogP contribution < -0.4 is 10.1 Å². The van der Waals surface area contributed by atoms with Crippen LogP contribution in [0.5, 0.6) is 5.75 Å². The third-order valence-corrected chi connectivity index (χ3v) is 6.91. The summed E-state index contributed by atoms with van der Waals surface area (Å²) in [6.45, 7) is 0.478. The van der Waals surface area contributed by atoms with E-state index in [-0.39, 0.29) is 11.9 Å². The zero-order valence-electron chi connectivity index (χ0n) is 16.5.